The number of hydrogen-bond donors (Lipinski definition) is 3. The largest absolute Gasteiger partial charge is 0.423 e. The van der Waals surface area contributed by atoms with Crippen LogP contribution in [0.3, 0.4) is 0 Å². The molecule has 4 N–H and O–H groups in total. The number of alkyl halides is 3. The fourth-order valence-electron chi connectivity index (χ4n) is 1.53. The molecule has 0 fully saturated rings. The van der Waals surface area contributed by atoms with Gasteiger partial charge in [0.15, 0.2) is 0 Å². The third-order valence-electron chi connectivity index (χ3n) is 2.63. The first-order valence-corrected chi connectivity index (χ1v) is 5.62. The third-order valence-corrected chi connectivity index (χ3v) is 2.63. The fraction of sp³-hybridized carbons (Fsp3) is 0.417. The van der Waals surface area contributed by atoms with Crippen molar-refractivity contribution in [3.05, 3.63) is 35.9 Å². The number of aliphatic hydroxyl groups is 1. The van der Waals surface area contributed by atoms with Crippen LogP contribution in [-0.2, 0) is 10.4 Å². The molecule has 0 saturated carbocycles. The molecule has 4 nitrogen and oxygen atoms in total. The molecule has 0 aromatic heterocycles. The smallest absolute Gasteiger partial charge is 0.375 e. The van der Waals surface area contributed by atoms with Gasteiger partial charge in [-0.15, -0.1) is 0 Å². The Morgan fingerprint density at radius 2 is 1.84 bits per heavy atom. The summed E-state index contributed by atoms with van der Waals surface area (Å²) < 4.78 is 39.0. The maximum Gasteiger partial charge on any atom is 0.423 e. The molecular formula is C12H15F3N2O2. The molecule has 0 aliphatic heterocycles. The Bertz CT molecular complexity index is 423. The van der Waals surface area contributed by atoms with E-state index in [1.54, 1.807) is 0 Å². The quantitative estimate of drug-likeness (QED) is 0.748. The van der Waals surface area contributed by atoms with Crippen molar-refractivity contribution < 1.29 is 23.1 Å². The van der Waals surface area contributed by atoms with Crippen LogP contribution in [0.5, 0.6) is 0 Å². The predicted molar refractivity (Wildman–Crippen MR) is 63.1 cm³/mol. The van der Waals surface area contributed by atoms with Crippen molar-refractivity contribution in [1.29, 1.82) is 0 Å². The molecule has 1 amide bonds. The molecule has 1 aromatic carbocycles. The maximum atomic E-state index is 13.0. The summed E-state index contributed by atoms with van der Waals surface area (Å²) in [6, 6.07) is 6.61. The highest BCUT2D eigenvalue weighted by Crippen LogP contribution is 2.38. The molecule has 1 aromatic rings. The highest BCUT2D eigenvalue weighted by atomic mass is 19.4. The number of halogens is 3. The van der Waals surface area contributed by atoms with Gasteiger partial charge >= 0.3 is 6.18 Å². The first-order chi connectivity index (χ1) is 8.81. The SMILES string of the molecule is NCCC(=O)NCC(O)(c1ccccc1)C(F)(F)F. The van der Waals surface area contributed by atoms with E-state index in [9.17, 15) is 23.1 Å². The van der Waals surface area contributed by atoms with Gasteiger partial charge in [0.05, 0.1) is 6.54 Å². The Kier molecular flexibility index (Phi) is 4.90. The molecule has 7 heteroatoms. The van der Waals surface area contributed by atoms with Crippen molar-refractivity contribution in [3.8, 4) is 0 Å². The lowest BCUT2D eigenvalue weighted by Gasteiger charge is -2.31. The minimum Gasteiger partial charge on any atom is -0.375 e. The van der Waals surface area contributed by atoms with Gasteiger partial charge < -0.3 is 16.2 Å². The lowest BCUT2D eigenvalue weighted by molar-refractivity contribution is -0.264. The summed E-state index contributed by atoms with van der Waals surface area (Å²) >= 11 is 0. The first-order valence-electron chi connectivity index (χ1n) is 5.62. The van der Waals surface area contributed by atoms with Gasteiger partial charge in [-0.05, 0) is 5.56 Å². The molecule has 0 bridgehead atoms. The molecule has 1 rings (SSSR count). The summed E-state index contributed by atoms with van der Waals surface area (Å²) in [6.07, 6.45) is -4.99. The van der Waals surface area contributed by atoms with Crippen LogP contribution >= 0.6 is 0 Å². The molecule has 0 aliphatic rings. The molecule has 0 heterocycles. The van der Waals surface area contributed by atoms with Crippen molar-refractivity contribution in [3.63, 3.8) is 0 Å². The second-order valence-corrected chi connectivity index (χ2v) is 4.04. The minimum absolute atomic E-state index is 0.0294. The third kappa shape index (κ3) is 3.68. The van der Waals surface area contributed by atoms with Crippen LogP contribution in [-0.4, -0.2) is 30.3 Å². The molecule has 1 unspecified atom stereocenters. The number of hydrogen-bond acceptors (Lipinski definition) is 3. The van der Waals surface area contributed by atoms with Crippen molar-refractivity contribution >= 4 is 5.91 Å². The Labute approximate surface area is 108 Å². The lowest BCUT2D eigenvalue weighted by atomic mass is 9.93. The van der Waals surface area contributed by atoms with Crippen molar-refractivity contribution in [1.82, 2.24) is 5.32 Å². The highest BCUT2D eigenvalue weighted by Gasteiger charge is 2.55. The Morgan fingerprint density at radius 1 is 1.26 bits per heavy atom. The van der Waals surface area contributed by atoms with Gasteiger partial charge in [-0.3, -0.25) is 4.79 Å². The van der Waals surface area contributed by atoms with E-state index in [4.69, 9.17) is 5.73 Å². The van der Waals surface area contributed by atoms with Crippen LogP contribution in [0, 0.1) is 0 Å². The number of nitrogens with one attached hydrogen (secondary N) is 1. The standard InChI is InChI=1S/C12H15F3N2O2/c13-12(14,15)11(19,8-17-10(18)6-7-16)9-4-2-1-3-5-9/h1-5,19H,6-8,16H2,(H,17,18). The van der Waals surface area contributed by atoms with Crippen LogP contribution in [0.25, 0.3) is 0 Å². The lowest BCUT2D eigenvalue weighted by Crippen LogP contribution is -2.51. The number of amides is 1. The zero-order valence-electron chi connectivity index (χ0n) is 10.1. The molecule has 106 valence electrons. The van der Waals surface area contributed by atoms with E-state index in [-0.39, 0.29) is 18.5 Å². The van der Waals surface area contributed by atoms with E-state index in [1.807, 2.05) is 5.32 Å². The molecule has 1 atom stereocenters. The van der Waals surface area contributed by atoms with E-state index < -0.39 is 24.2 Å². The van der Waals surface area contributed by atoms with Gasteiger partial charge in [-0.1, -0.05) is 30.3 Å². The Morgan fingerprint density at radius 3 is 2.32 bits per heavy atom. The summed E-state index contributed by atoms with van der Waals surface area (Å²) in [4.78, 5) is 11.2. The highest BCUT2D eigenvalue weighted by molar-refractivity contribution is 5.76. The topological polar surface area (TPSA) is 75.4 Å². The maximum absolute atomic E-state index is 13.0. The van der Waals surface area contributed by atoms with Gasteiger partial charge in [0, 0.05) is 13.0 Å². The van der Waals surface area contributed by atoms with Crippen LogP contribution in [0.4, 0.5) is 13.2 Å². The van der Waals surface area contributed by atoms with Gasteiger partial charge in [0.25, 0.3) is 0 Å². The monoisotopic (exact) mass is 276 g/mol. The normalized spacial score (nSPS) is 14.8. The number of carbonyl (C=O) groups excluding carboxylic acids is 1. The van der Waals surface area contributed by atoms with E-state index >= 15 is 0 Å². The van der Waals surface area contributed by atoms with Gasteiger partial charge in [-0.2, -0.15) is 13.2 Å². The van der Waals surface area contributed by atoms with Crippen molar-refractivity contribution in [2.75, 3.05) is 13.1 Å². The van der Waals surface area contributed by atoms with Gasteiger partial charge in [-0.25, -0.2) is 0 Å². The Hall–Kier alpha value is -1.60. The molecule has 0 aliphatic carbocycles. The first kappa shape index (κ1) is 15.5. The molecular weight excluding hydrogens is 261 g/mol. The molecule has 0 radical (unpaired) electrons. The van der Waals surface area contributed by atoms with E-state index in [0.29, 0.717) is 0 Å². The summed E-state index contributed by atoms with van der Waals surface area (Å²) in [5.41, 5.74) is 1.68. The second kappa shape index (κ2) is 6.03. The second-order valence-electron chi connectivity index (χ2n) is 4.04. The minimum atomic E-state index is -4.90. The van der Waals surface area contributed by atoms with Gasteiger partial charge in [0.1, 0.15) is 0 Å². The molecule has 19 heavy (non-hydrogen) atoms. The van der Waals surface area contributed by atoms with Crippen LogP contribution in [0.1, 0.15) is 12.0 Å². The zero-order chi connectivity index (χ0) is 14.5. The molecule has 0 saturated heterocycles. The summed E-state index contributed by atoms with van der Waals surface area (Å²) in [6.45, 7) is -0.916. The predicted octanol–water partition coefficient (Wildman–Crippen LogP) is 0.902. The number of carbonyl (C=O) groups is 1. The van der Waals surface area contributed by atoms with Crippen LogP contribution in [0.15, 0.2) is 30.3 Å². The summed E-state index contributed by atoms with van der Waals surface area (Å²) in [7, 11) is 0. The van der Waals surface area contributed by atoms with E-state index in [1.165, 1.54) is 18.2 Å². The summed E-state index contributed by atoms with van der Waals surface area (Å²) in [5.74, 6) is -0.638. The number of benzene rings is 1. The van der Waals surface area contributed by atoms with Crippen molar-refractivity contribution in [2.45, 2.75) is 18.2 Å². The number of rotatable bonds is 5. The zero-order valence-corrected chi connectivity index (χ0v) is 10.1. The summed E-state index contributed by atoms with van der Waals surface area (Å²) in [5, 5.41) is 11.9. The Balaban J connectivity index is 2.93. The van der Waals surface area contributed by atoms with Crippen LogP contribution < -0.4 is 11.1 Å². The van der Waals surface area contributed by atoms with E-state index in [0.717, 1.165) is 12.1 Å². The fourth-order valence-corrected chi connectivity index (χ4v) is 1.53. The number of nitrogens with two attached hydrogens (primary N) is 1. The van der Waals surface area contributed by atoms with Crippen LogP contribution in [0.2, 0.25) is 0 Å². The molecule has 0 spiro atoms. The van der Waals surface area contributed by atoms with Crippen molar-refractivity contribution in [2.24, 2.45) is 5.73 Å². The van der Waals surface area contributed by atoms with Gasteiger partial charge in [0.2, 0.25) is 11.5 Å². The average Bonchev–Trinajstić information content (AvgIpc) is 2.36. The average molecular weight is 276 g/mol. The van der Waals surface area contributed by atoms with E-state index in [2.05, 4.69) is 0 Å².